The average Bonchev–Trinajstić information content (AvgIpc) is 2.86. The number of hydrogen-bond donors (Lipinski definition) is 2. The lowest BCUT2D eigenvalue weighted by molar-refractivity contribution is -0.274. The molecule has 0 saturated carbocycles. The van der Waals surface area contributed by atoms with Crippen LogP contribution in [0.1, 0.15) is 54.3 Å². The molecule has 1 aliphatic heterocycles. The van der Waals surface area contributed by atoms with E-state index < -0.39 is 68.6 Å². The summed E-state index contributed by atoms with van der Waals surface area (Å²) in [7, 11) is -3.41. The fourth-order valence-electron chi connectivity index (χ4n) is 4.35. The van der Waals surface area contributed by atoms with E-state index in [4.69, 9.17) is 0 Å². The number of amides is 3. The first kappa shape index (κ1) is 31.8. The molecule has 14 heteroatoms. The zero-order valence-corrected chi connectivity index (χ0v) is 23.7. The predicted molar refractivity (Wildman–Crippen MR) is 140 cm³/mol. The van der Waals surface area contributed by atoms with Crippen molar-refractivity contribution in [3.8, 4) is 5.75 Å². The number of ether oxygens (including phenoxy) is 1. The normalized spacial score (nSPS) is 16.2. The van der Waals surface area contributed by atoms with Gasteiger partial charge in [0.15, 0.2) is 9.84 Å². The summed E-state index contributed by atoms with van der Waals surface area (Å²) in [6.07, 6.45) is -3.23. The second kappa shape index (κ2) is 12.0. The highest BCUT2D eigenvalue weighted by molar-refractivity contribution is 7.90. The van der Waals surface area contributed by atoms with E-state index in [1.165, 1.54) is 29.2 Å². The van der Waals surface area contributed by atoms with Crippen LogP contribution in [0.3, 0.4) is 0 Å². The Bertz CT molecular complexity index is 1400. The van der Waals surface area contributed by atoms with Crippen LogP contribution in [-0.2, 0) is 14.6 Å². The molecule has 41 heavy (non-hydrogen) atoms. The number of carbonyl (C=O) groups excluding carboxylic acids is 3. The minimum Gasteiger partial charge on any atom is -0.406 e. The summed E-state index contributed by atoms with van der Waals surface area (Å²) in [4.78, 5) is 40.5. The SMILES string of the molecule is CC(C)[C@@H](NC(=O)c1cc(OC(F)(F)F)ccc1F)C(=O)N1CCC(C)(NC(=O)c2ccc(S(C)(=O)=O)cc2)CC1. The molecule has 1 fully saturated rings. The largest absolute Gasteiger partial charge is 0.573 e. The molecule has 1 heterocycles. The van der Waals surface area contributed by atoms with Crippen LogP contribution < -0.4 is 15.4 Å². The number of hydrogen-bond acceptors (Lipinski definition) is 6. The van der Waals surface area contributed by atoms with E-state index in [0.717, 1.165) is 12.3 Å². The van der Waals surface area contributed by atoms with Crippen molar-refractivity contribution in [3.05, 3.63) is 59.4 Å². The lowest BCUT2D eigenvalue weighted by atomic mass is 9.88. The molecular formula is C27H31F4N3O6S. The summed E-state index contributed by atoms with van der Waals surface area (Å²) in [6, 6.07) is 6.44. The predicted octanol–water partition coefficient (Wildman–Crippen LogP) is 3.69. The van der Waals surface area contributed by atoms with Crippen LogP contribution in [0, 0.1) is 11.7 Å². The summed E-state index contributed by atoms with van der Waals surface area (Å²) in [5.41, 5.74) is -1.11. The van der Waals surface area contributed by atoms with Crippen molar-refractivity contribution < 1.29 is 45.1 Å². The van der Waals surface area contributed by atoms with Gasteiger partial charge in [0.2, 0.25) is 5.91 Å². The second-order valence-corrected chi connectivity index (χ2v) is 12.5. The monoisotopic (exact) mass is 601 g/mol. The fourth-order valence-corrected chi connectivity index (χ4v) is 4.98. The van der Waals surface area contributed by atoms with E-state index in [2.05, 4.69) is 15.4 Å². The summed E-state index contributed by atoms with van der Waals surface area (Å²) in [5.74, 6) is -4.23. The van der Waals surface area contributed by atoms with E-state index in [1.54, 1.807) is 13.8 Å². The topological polar surface area (TPSA) is 122 Å². The van der Waals surface area contributed by atoms with Crippen LogP contribution in [0.25, 0.3) is 0 Å². The first-order chi connectivity index (χ1) is 18.9. The molecule has 3 rings (SSSR count). The molecule has 0 bridgehead atoms. The van der Waals surface area contributed by atoms with Crippen LogP contribution >= 0.6 is 0 Å². The third-order valence-corrected chi connectivity index (χ3v) is 7.90. The van der Waals surface area contributed by atoms with Crippen LogP contribution in [0.2, 0.25) is 0 Å². The molecule has 2 N–H and O–H groups in total. The van der Waals surface area contributed by atoms with E-state index in [1.807, 2.05) is 6.92 Å². The Morgan fingerprint density at radius 3 is 2.10 bits per heavy atom. The summed E-state index contributed by atoms with van der Waals surface area (Å²) < 4.78 is 79.0. The summed E-state index contributed by atoms with van der Waals surface area (Å²) >= 11 is 0. The molecule has 3 amide bonds. The highest BCUT2D eigenvalue weighted by atomic mass is 32.2. The van der Waals surface area contributed by atoms with Gasteiger partial charge in [0.05, 0.1) is 10.5 Å². The molecule has 0 radical (unpaired) electrons. The van der Waals surface area contributed by atoms with Gasteiger partial charge in [-0.15, -0.1) is 13.2 Å². The smallest absolute Gasteiger partial charge is 0.406 e. The van der Waals surface area contributed by atoms with Crippen molar-refractivity contribution in [3.63, 3.8) is 0 Å². The number of piperidine rings is 1. The van der Waals surface area contributed by atoms with Gasteiger partial charge in [-0.2, -0.15) is 0 Å². The number of carbonyl (C=O) groups is 3. The third-order valence-electron chi connectivity index (χ3n) is 6.77. The molecule has 224 valence electrons. The number of likely N-dealkylation sites (tertiary alicyclic amines) is 1. The maximum atomic E-state index is 14.3. The van der Waals surface area contributed by atoms with E-state index >= 15 is 0 Å². The zero-order chi connectivity index (χ0) is 30.8. The lowest BCUT2D eigenvalue weighted by Gasteiger charge is -2.41. The molecule has 2 aromatic carbocycles. The fraction of sp³-hybridized carbons (Fsp3) is 0.444. The molecule has 0 spiro atoms. The van der Waals surface area contributed by atoms with Crippen LogP contribution in [0.15, 0.2) is 47.4 Å². The van der Waals surface area contributed by atoms with E-state index in [0.29, 0.717) is 25.0 Å². The molecule has 0 aromatic heterocycles. The molecule has 2 aromatic rings. The minimum atomic E-state index is -5.03. The lowest BCUT2D eigenvalue weighted by Crippen LogP contribution is -2.58. The van der Waals surface area contributed by atoms with Crippen molar-refractivity contribution in [2.24, 2.45) is 5.92 Å². The summed E-state index contributed by atoms with van der Waals surface area (Å²) in [6.45, 7) is 5.59. The Hall–Kier alpha value is -3.68. The van der Waals surface area contributed by atoms with Gasteiger partial charge in [0, 0.05) is 30.4 Å². The van der Waals surface area contributed by atoms with Gasteiger partial charge < -0.3 is 20.3 Å². The second-order valence-electron chi connectivity index (χ2n) is 10.5. The maximum Gasteiger partial charge on any atom is 0.573 e. The Kier molecular flexibility index (Phi) is 9.36. The highest BCUT2D eigenvalue weighted by Crippen LogP contribution is 2.26. The molecule has 1 saturated heterocycles. The Morgan fingerprint density at radius 2 is 1.59 bits per heavy atom. The standard InChI is InChI=1S/C27H31F4N3O6S/c1-16(2)22(32-24(36)20-15-18(7-10-21(20)28)40-27(29,30)31)25(37)34-13-11-26(3,12-14-34)33-23(35)17-5-8-19(9-6-17)41(4,38)39/h5-10,15-16,22H,11-14H2,1-4H3,(H,32,36)(H,33,35)/t22-/m1/s1. The number of alkyl halides is 3. The number of rotatable bonds is 8. The van der Waals surface area contributed by atoms with Crippen molar-refractivity contribution in [1.29, 1.82) is 0 Å². The van der Waals surface area contributed by atoms with Crippen LogP contribution in [-0.4, -0.2) is 68.3 Å². The number of benzene rings is 2. The van der Waals surface area contributed by atoms with Gasteiger partial charge >= 0.3 is 6.36 Å². The highest BCUT2D eigenvalue weighted by Gasteiger charge is 2.37. The van der Waals surface area contributed by atoms with Crippen molar-refractivity contribution in [2.75, 3.05) is 19.3 Å². The van der Waals surface area contributed by atoms with Gasteiger partial charge in [-0.25, -0.2) is 12.8 Å². The van der Waals surface area contributed by atoms with Gasteiger partial charge in [-0.3, -0.25) is 14.4 Å². The number of nitrogens with one attached hydrogen (secondary N) is 2. The third kappa shape index (κ3) is 8.41. The molecule has 0 aliphatic carbocycles. The quantitative estimate of drug-likeness (QED) is 0.446. The molecular weight excluding hydrogens is 570 g/mol. The van der Waals surface area contributed by atoms with Crippen molar-refractivity contribution >= 4 is 27.6 Å². The Morgan fingerprint density at radius 1 is 1.00 bits per heavy atom. The molecule has 9 nitrogen and oxygen atoms in total. The van der Waals surface area contributed by atoms with Gasteiger partial charge in [0.25, 0.3) is 11.8 Å². The first-order valence-electron chi connectivity index (χ1n) is 12.7. The van der Waals surface area contributed by atoms with E-state index in [-0.39, 0.29) is 23.5 Å². The summed E-state index contributed by atoms with van der Waals surface area (Å²) in [5, 5.41) is 5.36. The molecule has 1 aliphatic rings. The van der Waals surface area contributed by atoms with Crippen molar-refractivity contribution in [1.82, 2.24) is 15.5 Å². The molecule has 1 atom stereocenters. The van der Waals surface area contributed by atoms with E-state index in [9.17, 15) is 40.4 Å². The minimum absolute atomic E-state index is 0.0870. The van der Waals surface area contributed by atoms with Crippen molar-refractivity contribution in [2.45, 2.75) is 56.5 Å². The maximum absolute atomic E-state index is 14.3. The van der Waals surface area contributed by atoms with Gasteiger partial charge in [-0.1, -0.05) is 13.8 Å². The Balaban J connectivity index is 1.64. The number of sulfone groups is 1. The van der Waals surface area contributed by atoms with Crippen LogP contribution in [0.4, 0.5) is 17.6 Å². The molecule has 0 unspecified atom stereocenters. The van der Waals surface area contributed by atoms with Crippen LogP contribution in [0.5, 0.6) is 5.75 Å². The van der Waals surface area contributed by atoms with Gasteiger partial charge in [-0.05, 0) is 68.1 Å². The number of nitrogens with zero attached hydrogens (tertiary/aromatic N) is 1. The number of halogens is 4. The van der Waals surface area contributed by atoms with Gasteiger partial charge in [0.1, 0.15) is 17.6 Å². The Labute approximate surface area is 235 Å². The average molecular weight is 602 g/mol. The first-order valence-corrected chi connectivity index (χ1v) is 14.6. The zero-order valence-electron chi connectivity index (χ0n) is 22.8.